The Kier molecular flexibility index (Phi) is 15.4. The Bertz CT molecular complexity index is 1260. The van der Waals surface area contributed by atoms with E-state index in [2.05, 4.69) is 23.5 Å². The molecule has 0 radical (unpaired) electrons. The molecule has 0 fully saturated rings. The molecule has 0 aliphatic heterocycles. The number of benzene rings is 2. The Morgan fingerprint density at radius 1 is 0.977 bits per heavy atom. The van der Waals surface area contributed by atoms with Crippen LogP contribution in [-0.2, 0) is 14.3 Å². The van der Waals surface area contributed by atoms with Crippen molar-refractivity contribution in [1.29, 1.82) is 0 Å². The summed E-state index contributed by atoms with van der Waals surface area (Å²) >= 11 is 1.58. The van der Waals surface area contributed by atoms with E-state index in [0.717, 1.165) is 43.2 Å². The predicted molar refractivity (Wildman–Crippen MR) is 183 cm³/mol. The van der Waals surface area contributed by atoms with Crippen LogP contribution in [0.2, 0.25) is 0 Å². The molecular formula is C36H51N3O4S. The lowest BCUT2D eigenvalue weighted by molar-refractivity contribution is -0.141. The first-order chi connectivity index (χ1) is 20.9. The first-order valence-corrected chi connectivity index (χ1v) is 17.0. The number of rotatable bonds is 16. The lowest BCUT2D eigenvalue weighted by Crippen LogP contribution is -2.53. The summed E-state index contributed by atoms with van der Waals surface area (Å²) in [6.07, 6.45) is 13.7. The van der Waals surface area contributed by atoms with Crippen molar-refractivity contribution in [1.82, 2.24) is 10.2 Å². The molecule has 0 aliphatic carbocycles. The number of ether oxygens (including phenoxy) is 1. The number of para-hydroxylation sites is 1. The number of carbonyl (C=O) groups excluding carboxylic acids is 3. The summed E-state index contributed by atoms with van der Waals surface area (Å²) in [5.74, 6) is 2.65. The van der Waals surface area contributed by atoms with Crippen molar-refractivity contribution in [3.8, 4) is 12.3 Å². The Hall–Kier alpha value is -3.44. The van der Waals surface area contributed by atoms with Gasteiger partial charge in [0.15, 0.2) is 0 Å². The van der Waals surface area contributed by atoms with E-state index >= 15 is 0 Å². The molecular weight excluding hydrogens is 570 g/mol. The highest BCUT2D eigenvalue weighted by atomic mass is 32.2. The van der Waals surface area contributed by atoms with E-state index < -0.39 is 23.8 Å². The number of nitrogens with zero attached hydrogens (tertiary/aromatic N) is 1. The number of anilines is 1. The number of terminal acetylenes is 1. The lowest BCUT2D eigenvalue weighted by atomic mass is 9.96. The fourth-order valence-electron chi connectivity index (χ4n) is 5.09. The van der Waals surface area contributed by atoms with Crippen molar-refractivity contribution in [3.63, 3.8) is 0 Å². The first-order valence-electron chi connectivity index (χ1n) is 15.6. The Balaban J connectivity index is 2.60. The maximum absolute atomic E-state index is 14.5. The second kappa shape index (κ2) is 18.4. The fraction of sp³-hybridized carbons (Fsp3) is 0.528. The number of nitrogens with one attached hydrogen (secondary N) is 2. The van der Waals surface area contributed by atoms with Gasteiger partial charge in [-0.25, -0.2) is 4.79 Å². The third-order valence-electron chi connectivity index (χ3n) is 7.34. The van der Waals surface area contributed by atoms with Gasteiger partial charge in [0.25, 0.3) is 5.91 Å². The first kappa shape index (κ1) is 36.8. The van der Waals surface area contributed by atoms with Crippen LogP contribution < -0.4 is 10.6 Å². The third-order valence-corrected chi connectivity index (χ3v) is 7.98. The Labute approximate surface area is 269 Å². The molecule has 44 heavy (non-hydrogen) atoms. The number of amides is 3. The number of thioether (sulfide) groups is 1. The van der Waals surface area contributed by atoms with Crippen molar-refractivity contribution < 1.29 is 19.1 Å². The molecule has 2 unspecified atom stereocenters. The lowest BCUT2D eigenvalue weighted by Gasteiger charge is -2.35. The summed E-state index contributed by atoms with van der Waals surface area (Å²) in [5.41, 5.74) is 2.92. The molecule has 2 N–H and O–H groups in total. The summed E-state index contributed by atoms with van der Waals surface area (Å²) in [6.45, 7) is 11.7. The van der Waals surface area contributed by atoms with Crippen LogP contribution in [0.15, 0.2) is 42.5 Å². The number of hydrogen-bond acceptors (Lipinski definition) is 5. The maximum atomic E-state index is 14.5. The molecule has 2 aromatic rings. The van der Waals surface area contributed by atoms with Crippen LogP contribution in [0.1, 0.15) is 101 Å². The van der Waals surface area contributed by atoms with Crippen LogP contribution in [0.25, 0.3) is 0 Å². The standard InChI is InChI=1S/C36H51N3O4S/c1-9-11-12-13-14-17-24-39(34(41)30(23-25-44-8)37-35(42)43-36(5,6)7)32(29-22-16-15-21-28(29)10-2)33(40)38-31-26(3)19-18-20-27(31)4/h2,15-16,18-22,30,32H,9,11-14,17,23-25H2,1,3-8H3,(H,37,42)(H,38,40). The van der Waals surface area contributed by atoms with Crippen molar-refractivity contribution >= 4 is 35.4 Å². The van der Waals surface area contributed by atoms with Gasteiger partial charge in [-0.15, -0.1) is 6.42 Å². The van der Waals surface area contributed by atoms with Crippen LogP contribution in [-0.4, -0.2) is 53.0 Å². The maximum Gasteiger partial charge on any atom is 0.408 e. The second-order valence-corrected chi connectivity index (χ2v) is 13.2. The second-order valence-electron chi connectivity index (χ2n) is 12.2. The predicted octanol–water partition coefficient (Wildman–Crippen LogP) is 7.80. The fourth-order valence-corrected chi connectivity index (χ4v) is 5.56. The molecule has 0 spiro atoms. The van der Waals surface area contributed by atoms with Gasteiger partial charge in [0, 0.05) is 17.8 Å². The van der Waals surface area contributed by atoms with E-state index in [-0.39, 0.29) is 11.8 Å². The largest absolute Gasteiger partial charge is 0.444 e. The normalized spacial score (nSPS) is 12.5. The number of unbranched alkanes of at least 4 members (excludes halogenated alkanes) is 5. The van der Waals surface area contributed by atoms with E-state index in [1.807, 2.05) is 56.5 Å². The third kappa shape index (κ3) is 11.6. The molecule has 0 aliphatic rings. The molecule has 0 saturated heterocycles. The zero-order valence-electron chi connectivity index (χ0n) is 27.6. The molecule has 2 aromatic carbocycles. The van der Waals surface area contributed by atoms with E-state index in [1.165, 1.54) is 0 Å². The summed E-state index contributed by atoms with van der Waals surface area (Å²) in [7, 11) is 0. The van der Waals surface area contributed by atoms with Gasteiger partial charge >= 0.3 is 6.09 Å². The van der Waals surface area contributed by atoms with Gasteiger partial charge in [0.05, 0.1) is 0 Å². The monoisotopic (exact) mass is 621 g/mol. The molecule has 3 amide bonds. The van der Waals surface area contributed by atoms with Crippen LogP contribution >= 0.6 is 11.8 Å². The van der Waals surface area contributed by atoms with Gasteiger partial charge in [-0.2, -0.15) is 11.8 Å². The molecule has 240 valence electrons. The van der Waals surface area contributed by atoms with E-state index in [1.54, 1.807) is 43.5 Å². The SMILES string of the molecule is C#Cc1ccccc1C(C(=O)Nc1c(C)cccc1C)N(CCCCCCCC)C(=O)C(CCSC)NC(=O)OC(C)(C)C. The number of hydrogen-bond donors (Lipinski definition) is 2. The van der Waals surface area contributed by atoms with E-state index in [4.69, 9.17) is 11.2 Å². The quantitative estimate of drug-likeness (QED) is 0.148. The smallest absolute Gasteiger partial charge is 0.408 e. The van der Waals surface area contributed by atoms with Crippen LogP contribution in [0.5, 0.6) is 0 Å². The minimum atomic E-state index is -1.01. The van der Waals surface area contributed by atoms with Crippen molar-refractivity contribution in [3.05, 3.63) is 64.7 Å². The zero-order chi connectivity index (χ0) is 32.7. The van der Waals surface area contributed by atoms with Gasteiger partial charge in [0.1, 0.15) is 17.7 Å². The van der Waals surface area contributed by atoms with E-state index in [0.29, 0.717) is 42.0 Å². The number of aryl methyl sites for hydroxylation is 2. The molecule has 7 nitrogen and oxygen atoms in total. The highest BCUT2D eigenvalue weighted by Gasteiger charge is 2.37. The highest BCUT2D eigenvalue weighted by Crippen LogP contribution is 2.30. The van der Waals surface area contributed by atoms with Crippen LogP contribution in [0.3, 0.4) is 0 Å². The molecule has 0 aromatic heterocycles. The van der Waals surface area contributed by atoms with E-state index in [9.17, 15) is 14.4 Å². The highest BCUT2D eigenvalue weighted by molar-refractivity contribution is 7.98. The van der Waals surface area contributed by atoms with Crippen LogP contribution in [0.4, 0.5) is 10.5 Å². The average molecular weight is 622 g/mol. The van der Waals surface area contributed by atoms with Gasteiger partial charge in [0.2, 0.25) is 5.91 Å². The van der Waals surface area contributed by atoms with Crippen LogP contribution in [0, 0.1) is 26.2 Å². The summed E-state index contributed by atoms with van der Waals surface area (Å²) in [6, 6.07) is 11.2. The summed E-state index contributed by atoms with van der Waals surface area (Å²) < 4.78 is 5.52. The van der Waals surface area contributed by atoms with Gasteiger partial charge in [-0.1, -0.05) is 81.3 Å². The molecule has 2 rings (SSSR count). The minimum Gasteiger partial charge on any atom is -0.444 e. The topological polar surface area (TPSA) is 87.7 Å². The number of alkyl carbamates (subject to hydrolysis) is 1. The van der Waals surface area contributed by atoms with Gasteiger partial charge < -0.3 is 20.3 Å². The molecule has 0 saturated carbocycles. The number of carbonyl (C=O) groups is 3. The minimum absolute atomic E-state index is 0.334. The molecule has 2 atom stereocenters. The van der Waals surface area contributed by atoms with Gasteiger partial charge in [-0.05, 0) is 82.2 Å². The Morgan fingerprint density at radius 2 is 1.61 bits per heavy atom. The van der Waals surface area contributed by atoms with Crippen molar-refractivity contribution in [2.45, 2.75) is 104 Å². The average Bonchev–Trinajstić information content (AvgIpc) is 2.97. The summed E-state index contributed by atoms with van der Waals surface area (Å²) in [5, 5.41) is 5.93. The van der Waals surface area contributed by atoms with Crippen molar-refractivity contribution in [2.24, 2.45) is 0 Å². The molecule has 8 heteroatoms. The molecule has 0 heterocycles. The zero-order valence-corrected chi connectivity index (χ0v) is 28.4. The molecule has 0 bridgehead atoms. The Morgan fingerprint density at radius 3 is 2.23 bits per heavy atom. The summed E-state index contributed by atoms with van der Waals surface area (Å²) in [4.78, 5) is 43.4. The van der Waals surface area contributed by atoms with Crippen molar-refractivity contribution in [2.75, 3.05) is 23.9 Å². The van der Waals surface area contributed by atoms with Gasteiger partial charge in [-0.3, -0.25) is 9.59 Å².